The Morgan fingerprint density at radius 2 is 1.66 bits per heavy atom. The van der Waals surface area contributed by atoms with E-state index in [4.69, 9.17) is 6.58 Å². The SMILES string of the molecule is C=CC1CCC(CC/C=C/C2CCCCC2C(=C)C2(CCC)CCCCC2)CC1. The molecule has 3 saturated carbocycles. The lowest BCUT2D eigenvalue weighted by molar-refractivity contribution is 0.175. The first-order valence-electron chi connectivity index (χ1n) is 13.2. The highest BCUT2D eigenvalue weighted by Gasteiger charge is 2.39. The van der Waals surface area contributed by atoms with Crippen molar-refractivity contribution in [1.29, 1.82) is 0 Å². The van der Waals surface area contributed by atoms with Crippen LogP contribution in [0.4, 0.5) is 0 Å². The van der Waals surface area contributed by atoms with E-state index in [0.29, 0.717) is 5.41 Å². The number of hydrogen-bond acceptors (Lipinski definition) is 0. The second-order valence-electron chi connectivity index (χ2n) is 10.7. The highest BCUT2D eigenvalue weighted by molar-refractivity contribution is 5.19. The molecule has 29 heavy (non-hydrogen) atoms. The predicted octanol–water partition coefficient (Wildman–Crippen LogP) is 9.43. The van der Waals surface area contributed by atoms with Gasteiger partial charge in [0.25, 0.3) is 0 Å². The molecule has 3 fully saturated rings. The van der Waals surface area contributed by atoms with Gasteiger partial charge in [-0.25, -0.2) is 0 Å². The van der Waals surface area contributed by atoms with Gasteiger partial charge in [-0.15, -0.1) is 6.58 Å². The van der Waals surface area contributed by atoms with Gasteiger partial charge in [-0.2, -0.15) is 0 Å². The zero-order chi connectivity index (χ0) is 20.5. The van der Waals surface area contributed by atoms with Crippen molar-refractivity contribution in [2.24, 2.45) is 29.1 Å². The topological polar surface area (TPSA) is 0 Å². The molecule has 3 rings (SSSR count). The lowest BCUT2D eigenvalue weighted by Crippen LogP contribution is -2.33. The van der Waals surface area contributed by atoms with Crippen LogP contribution < -0.4 is 0 Å². The Bertz CT molecular complexity index is 519. The molecule has 2 atom stereocenters. The van der Waals surface area contributed by atoms with Crippen LogP contribution in [0.5, 0.6) is 0 Å². The second-order valence-corrected chi connectivity index (χ2v) is 10.7. The van der Waals surface area contributed by atoms with E-state index < -0.39 is 0 Å². The second kappa shape index (κ2) is 11.6. The van der Waals surface area contributed by atoms with E-state index in [1.165, 1.54) is 109 Å². The van der Waals surface area contributed by atoms with Crippen molar-refractivity contribution in [2.75, 3.05) is 0 Å². The Balaban J connectivity index is 1.54. The minimum atomic E-state index is 0.477. The molecule has 0 N–H and O–H groups in total. The molecule has 164 valence electrons. The Kier molecular flexibility index (Phi) is 9.13. The van der Waals surface area contributed by atoms with Crippen molar-refractivity contribution >= 4 is 0 Å². The molecule has 0 radical (unpaired) electrons. The normalized spacial score (nSPS) is 32.9. The molecular formula is C29H48. The van der Waals surface area contributed by atoms with Gasteiger partial charge < -0.3 is 0 Å². The van der Waals surface area contributed by atoms with Gasteiger partial charge in [-0.1, -0.05) is 75.8 Å². The maximum Gasteiger partial charge on any atom is -0.00879 e. The molecule has 3 aliphatic carbocycles. The highest BCUT2D eigenvalue weighted by atomic mass is 14.4. The predicted molar refractivity (Wildman–Crippen MR) is 129 cm³/mol. The van der Waals surface area contributed by atoms with Crippen LogP contribution in [0.15, 0.2) is 37.0 Å². The molecular weight excluding hydrogens is 348 g/mol. The average Bonchev–Trinajstić information content (AvgIpc) is 2.78. The molecule has 0 heterocycles. The lowest BCUT2D eigenvalue weighted by Gasteiger charge is -2.45. The average molecular weight is 397 g/mol. The smallest absolute Gasteiger partial charge is 0.00879 e. The summed E-state index contributed by atoms with van der Waals surface area (Å²) >= 11 is 0. The van der Waals surface area contributed by atoms with Crippen molar-refractivity contribution in [3.05, 3.63) is 37.0 Å². The first-order valence-corrected chi connectivity index (χ1v) is 13.2. The summed E-state index contributed by atoms with van der Waals surface area (Å²) in [5, 5.41) is 0. The van der Waals surface area contributed by atoms with Gasteiger partial charge in [0.1, 0.15) is 0 Å². The molecule has 0 aliphatic heterocycles. The fourth-order valence-corrected chi connectivity index (χ4v) is 6.97. The number of hydrogen-bond donors (Lipinski definition) is 0. The first kappa shape index (κ1) is 22.9. The standard InChI is InChI=1S/C29H48/c1-4-21-29(22-11-6-12-23-29)24(3)28-16-10-9-15-27(28)14-8-7-13-26-19-17-25(5-2)18-20-26/h5,8,14,25-28H,2-4,6-7,9-13,15-23H2,1H3/b14-8+. The molecule has 0 aromatic heterocycles. The molecule has 0 bridgehead atoms. The van der Waals surface area contributed by atoms with Gasteiger partial charge >= 0.3 is 0 Å². The van der Waals surface area contributed by atoms with Crippen molar-refractivity contribution in [2.45, 2.75) is 116 Å². The van der Waals surface area contributed by atoms with Crippen molar-refractivity contribution in [1.82, 2.24) is 0 Å². The third-order valence-electron chi connectivity index (χ3n) is 8.84. The van der Waals surface area contributed by atoms with Crippen LogP contribution >= 0.6 is 0 Å². The summed E-state index contributed by atoms with van der Waals surface area (Å²) in [4.78, 5) is 0. The third kappa shape index (κ3) is 6.11. The van der Waals surface area contributed by atoms with Gasteiger partial charge in [0.05, 0.1) is 0 Å². The molecule has 0 spiro atoms. The van der Waals surface area contributed by atoms with Crippen LogP contribution in [-0.2, 0) is 0 Å². The molecule has 0 nitrogen and oxygen atoms in total. The fourth-order valence-electron chi connectivity index (χ4n) is 6.97. The minimum Gasteiger partial charge on any atom is -0.103 e. The van der Waals surface area contributed by atoms with Crippen molar-refractivity contribution in [3.8, 4) is 0 Å². The number of rotatable bonds is 9. The van der Waals surface area contributed by atoms with Crippen LogP contribution in [0.2, 0.25) is 0 Å². The molecule has 0 heteroatoms. The van der Waals surface area contributed by atoms with Crippen LogP contribution in [0.1, 0.15) is 116 Å². The van der Waals surface area contributed by atoms with Crippen LogP contribution in [-0.4, -0.2) is 0 Å². The Hall–Kier alpha value is -0.780. The van der Waals surface area contributed by atoms with E-state index in [-0.39, 0.29) is 0 Å². The van der Waals surface area contributed by atoms with E-state index in [1.807, 2.05) is 0 Å². The van der Waals surface area contributed by atoms with Gasteiger partial charge in [-0.3, -0.25) is 0 Å². The summed E-state index contributed by atoms with van der Waals surface area (Å²) in [6.07, 6.45) is 31.1. The summed E-state index contributed by atoms with van der Waals surface area (Å²) in [6, 6.07) is 0. The van der Waals surface area contributed by atoms with Crippen LogP contribution in [0.25, 0.3) is 0 Å². The summed E-state index contributed by atoms with van der Waals surface area (Å²) in [5.41, 5.74) is 2.14. The zero-order valence-corrected chi connectivity index (χ0v) is 19.5. The van der Waals surface area contributed by atoms with E-state index in [0.717, 1.165) is 23.7 Å². The fraction of sp³-hybridized carbons (Fsp3) is 0.793. The van der Waals surface area contributed by atoms with Crippen molar-refractivity contribution in [3.63, 3.8) is 0 Å². The summed E-state index contributed by atoms with van der Waals surface area (Å²) in [6.45, 7) is 11.2. The van der Waals surface area contributed by atoms with Gasteiger partial charge in [0.15, 0.2) is 0 Å². The van der Waals surface area contributed by atoms with Crippen molar-refractivity contribution < 1.29 is 0 Å². The summed E-state index contributed by atoms with van der Waals surface area (Å²) < 4.78 is 0. The maximum atomic E-state index is 4.82. The molecule has 2 unspecified atom stereocenters. The lowest BCUT2D eigenvalue weighted by atomic mass is 9.60. The maximum absolute atomic E-state index is 4.82. The molecule has 0 aromatic carbocycles. The summed E-state index contributed by atoms with van der Waals surface area (Å²) in [7, 11) is 0. The Morgan fingerprint density at radius 3 is 2.34 bits per heavy atom. The van der Waals surface area contributed by atoms with Gasteiger partial charge in [0.2, 0.25) is 0 Å². The molecule has 0 amide bonds. The third-order valence-corrected chi connectivity index (χ3v) is 8.84. The van der Waals surface area contributed by atoms with E-state index >= 15 is 0 Å². The van der Waals surface area contributed by atoms with E-state index in [9.17, 15) is 0 Å². The minimum absolute atomic E-state index is 0.477. The Labute approximate surface area is 182 Å². The van der Waals surface area contributed by atoms with E-state index in [2.05, 4.69) is 31.7 Å². The molecule has 3 aliphatic rings. The Morgan fingerprint density at radius 1 is 0.931 bits per heavy atom. The number of allylic oxidation sites excluding steroid dienone is 4. The molecule has 0 saturated heterocycles. The largest absolute Gasteiger partial charge is 0.103 e. The summed E-state index contributed by atoms with van der Waals surface area (Å²) in [5.74, 6) is 3.28. The molecule has 0 aromatic rings. The zero-order valence-electron chi connectivity index (χ0n) is 19.5. The van der Waals surface area contributed by atoms with Crippen LogP contribution in [0, 0.1) is 29.1 Å². The van der Waals surface area contributed by atoms with Gasteiger partial charge in [-0.05, 0) is 99.7 Å². The van der Waals surface area contributed by atoms with Gasteiger partial charge in [0, 0.05) is 0 Å². The van der Waals surface area contributed by atoms with Crippen LogP contribution in [0.3, 0.4) is 0 Å². The monoisotopic (exact) mass is 396 g/mol. The quantitative estimate of drug-likeness (QED) is 0.340. The van der Waals surface area contributed by atoms with E-state index in [1.54, 1.807) is 5.57 Å². The highest BCUT2D eigenvalue weighted by Crippen LogP contribution is 2.51. The first-order chi connectivity index (χ1) is 14.2.